The van der Waals surface area contributed by atoms with Crippen LogP contribution in [-0.4, -0.2) is 53.6 Å². The van der Waals surface area contributed by atoms with Gasteiger partial charge in [-0.2, -0.15) is 0 Å². The van der Waals surface area contributed by atoms with Crippen LogP contribution in [0.4, 0.5) is 0 Å². The topological polar surface area (TPSA) is 52.9 Å². The summed E-state index contributed by atoms with van der Waals surface area (Å²) < 4.78 is 6.04. The standard InChI is InChI=1S/C21H35NO3/c1-17-11-20(13-21(2,3)12-17)25-16-19(24)15-22(9-10-23)14-18-7-5-4-6-8-18/h4-8,17,19-20,23-24H,9-16H2,1-3H3. The van der Waals surface area contributed by atoms with Crippen molar-refractivity contribution in [1.82, 2.24) is 4.90 Å². The predicted molar refractivity (Wildman–Crippen MR) is 101 cm³/mol. The minimum absolute atomic E-state index is 0.0920. The van der Waals surface area contributed by atoms with Gasteiger partial charge in [0.05, 0.1) is 25.4 Å². The minimum atomic E-state index is -0.532. The number of aliphatic hydroxyl groups excluding tert-OH is 2. The number of nitrogens with zero attached hydrogens (tertiary/aromatic N) is 1. The van der Waals surface area contributed by atoms with Gasteiger partial charge in [-0.15, -0.1) is 0 Å². The third kappa shape index (κ3) is 7.45. The van der Waals surface area contributed by atoms with E-state index in [1.165, 1.54) is 12.0 Å². The Morgan fingerprint density at radius 2 is 1.96 bits per heavy atom. The maximum absolute atomic E-state index is 10.4. The van der Waals surface area contributed by atoms with Crippen LogP contribution in [0.25, 0.3) is 0 Å². The number of hydrogen-bond donors (Lipinski definition) is 2. The smallest absolute Gasteiger partial charge is 0.0900 e. The van der Waals surface area contributed by atoms with E-state index in [9.17, 15) is 10.2 Å². The van der Waals surface area contributed by atoms with E-state index in [4.69, 9.17) is 4.74 Å². The molecule has 25 heavy (non-hydrogen) atoms. The average molecular weight is 350 g/mol. The zero-order valence-electron chi connectivity index (χ0n) is 16.0. The Morgan fingerprint density at radius 3 is 2.60 bits per heavy atom. The van der Waals surface area contributed by atoms with Crippen LogP contribution in [-0.2, 0) is 11.3 Å². The highest BCUT2D eigenvalue weighted by molar-refractivity contribution is 5.14. The van der Waals surface area contributed by atoms with Gasteiger partial charge in [0.25, 0.3) is 0 Å². The Hall–Kier alpha value is -0.940. The van der Waals surface area contributed by atoms with Crippen molar-refractivity contribution in [2.45, 2.75) is 58.8 Å². The highest BCUT2D eigenvalue weighted by Crippen LogP contribution is 2.39. The summed E-state index contributed by atoms with van der Waals surface area (Å²) in [6, 6.07) is 10.2. The lowest BCUT2D eigenvalue weighted by Gasteiger charge is -2.39. The molecule has 1 aromatic rings. The fraction of sp³-hybridized carbons (Fsp3) is 0.714. The second-order valence-electron chi connectivity index (χ2n) is 8.47. The molecule has 1 aliphatic rings. The van der Waals surface area contributed by atoms with Crippen LogP contribution < -0.4 is 0 Å². The summed E-state index contributed by atoms with van der Waals surface area (Å²) in [5, 5.41) is 19.7. The first-order valence-corrected chi connectivity index (χ1v) is 9.55. The molecule has 0 aliphatic heterocycles. The van der Waals surface area contributed by atoms with E-state index in [2.05, 4.69) is 37.8 Å². The number of benzene rings is 1. The molecule has 1 fully saturated rings. The number of aliphatic hydroxyl groups is 2. The maximum atomic E-state index is 10.4. The zero-order valence-corrected chi connectivity index (χ0v) is 16.0. The Balaban J connectivity index is 1.79. The maximum Gasteiger partial charge on any atom is 0.0900 e. The Morgan fingerprint density at radius 1 is 1.24 bits per heavy atom. The van der Waals surface area contributed by atoms with Gasteiger partial charge in [0.15, 0.2) is 0 Å². The molecule has 142 valence electrons. The van der Waals surface area contributed by atoms with Gasteiger partial charge in [0.1, 0.15) is 0 Å². The van der Waals surface area contributed by atoms with Crippen LogP contribution in [0.2, 0.25) is 0 Å². The number of rotatable bonds is 9. The van der Waals surface area contributed by atoms with E-state index in [1.54, 1.807) is 0 Å². The van der Waals surface area contributed by atoms with E-state index in [0.29, 0.717) is 31.0 Å². The van der Waals surface area contributed by atoms with Crippen molar-refractivity contribution in [3.63, 3.8) is 0 Å². The quantitative estimate of drug-likeness (QED) is 0.719. The first-order valence-electron chi connectivity index (χ1n) is 9.55. The Kier molecular flexibility index (Phi) is 7.88. The predicted octanol–water partition coefficient (Wildman–Crippen LogP) is 3.07. The molecule has 3 atom stereocenters. The molecule has 0 amide bonds. The molecule has 0 radical (unpaired) electrons. The second kappa shape index (κ2) is 9.67. The van der Waals surface area contributed by atoms with E-state index < -0.39 is 6.10 Å². The zero-order chi connectivity index (χ0) is 18.3. The van der Waals surface area contributed by atoms with Gasteiger partial charge in [-0.25, -0.2) is 0 Å². The molecule has 1 aromatic carbocycles. The molecule has 4 heteroatoms. The normalized spacial score (nSPS) is 24.4. The summed E-state index contributed by atoms with van der Waals surface area (Å²) >= 11 is 0. The molecular formula is C21H35NO3. The molecule has 0 saturated heterocycles. The van der Waals surface area contributed by atoms with Crippen molar-refractivity contribution >= 4 is 0 Å². The molecule has 2 N–H and O–H groups in total. The first kappa shape index (κ1) is 20.4. The van der Waals surface area contributed by atoms with Gasteiger partial charge in [0, 0.05) is 19.6 Å². The molecule has 0 heterocycles. The fourth-order valence-corrected chi connectivity index (χ4v) is 4.20. The third-order valence-electron chi connectivity index (χ3n) is 5.01. The van der Waals surface area contributed by atoms with Gasteiger partial charge in [-0.1, -0.05) is 51.1 Å². The molecule has 1 saturated carbocycles. The summed E-state index contributed by atoms with van der Waals surface area (Å²) in [6.45, 7) is 9.15. The van der Waals surface area contributed by atoms with Gasteiger partial charge in [0.2, 0.25) is 0 Å². The fourth-order valence-electron chi connectivity index (χ4n) is 4.20. The summed E-state index contributed by atoms with van der Waals surface area (Å²) in [4.78, 5) is 2.08. The van der Waals surface area contributed by atoms with Crippen LogP contribution >= 0.6 is 0 Å². The summed E-state index contributed by atoms with van der Waals surface area (Å²) in [5.41, 5.74) is 1.51. The monoisotopic (exact) mass is 349 g/mol. The van der Waals surface area contributed by atoms with Gasteiger partial charge in [-0.05, 0) is 36.2 Å². The second-order valence-corrected chi connectivity index (χ2v) is 8.47. The van der Waals surface area contributed by atoms with Crippen molar-refractivity contribution in [2.24, 2.45) is 11.3 Å². The number of ether oxygens (including phenoxy) is 1. The van der Waals surface area contributed by atoms with E-state index in [-0.39, 0.29) is 12.7 Å². The number of hydrogen-bond acceptors (Lipinski definition) is 4. The highest BCUT2D eigenvalue weighted by Gasteiger charge is 2.32. The Labute approximate surface area is 152 Å². The summed E-state index contributed by atoms with van der Waals surface area (Å²) in [5.74, 6) is 0.676. The SMILES string of the molecule is CC1CC(OCC(O)CN(CCO)Cc2ccccc2)CC(C)(C)C1. The van der Waals surface area contributed by atoms with Gasteiger partial charge >= 0.3 is 0 Å². The van der Waals surface area contributed by atoms with Gasteiger partial charge in [-0.3, -0.25) is 4.90 Å². The van der Waals surface area contributed by atoms with Crippen LogP contribution in [0.3, 0.4) is 0 Å². The van der Waals surface area contributed by atoms with Crippen LogP contribution in [0, 0.1) is 11.3 Å². The van der Waals surface area contributed by atoms with Crippen LogP contribution in [0.1, 0.15) is 45.6 Å². The third-order valence-corrected chi connectivity index (χ3v) is 5.01. The van der Waals surface area contributed by atoms with E-state index >= 15 is 0 Å². The molecule has 0 spiro atoms. The van der Waals surface area contributed by atoms with E-state index in [1.807, 2.05) is 18.2 Å². The molecule has 0 bridgehead atoms. The first-order chi connectivity index (χ1) is 11.9. The van der Waals surface area contributed by atoms with Crippen LogP contribution in [0.5, 0.6) is 0 Å². The molecule has 4 nitrogen and oxygen atoms in total. The van der Waals surface area contributed by atoms with E-state index in [0.717, 1.165) is 19.4 Å². The molecule has 2 rings (SSSR count). The molecule has 1 aliphatic carbocycles. The minimum Gasteiger partial charge on any atom is -0.395 e. The van der Waals surface area contributed by atoms with Crippen molar-refractivity contribution in [2.75, 3.05) is 26.3 Å². The average Bonchev–Trinajstić information content (AvgIpc) is 2.52. The lowest BCUT2D eigenvalue weighted by Crippen LogP contribution is -2.39. The van der Waals surface area contributed by atoms with Gasteiger partial charge < -0.3 is 14.9 Å². The lowest BCUT2D eigenvalue weighted by atomic mass is 9.71. The summed E-state index contributed by atoms with van der Waals surface area (Å²) in [6.07, 6.45) is 3.11. The molecule has 3 unspecified atom stereocenters. The highest BCUT2D eigenvalue weighted by atomic mass is 16.5. The lowest BCUT2D eigenvalue weighted by molar-refractivity contribution is -0.0623. The molecular weight excluding hydrogens is 314 g/mol. The largest absolute Gasteiger partial charge is 0.395 e. The van der Waals surface area contributed by atoms with Crippen LogP contribution in [0.15, 0.2) is 30.3 Å². The van der Waals surface area contributed by atoms with Crippen molar-refractivity contribution in [3.8, 4) is 0 Å². The molecule has 0 aromatic heterocycles. The van der Waals surface area contributed by atoms with Crippen molar-refractivity contribution in [3.05, 3.63) is 35.9 Å². The summed E-state index contributed by atoms with van der Waals surface area (Å²) in [7, 11) is 0. The van der Waals surface area contributed by atoms with Crippen molar-refractivity contribution < 1.29 is 14.9 Å². The Bertz CT molecular complexity index is 491. The van der Waals surface area contributed by atoms with Crippen molar-refractivity contribution in [1.29, 1.82) is 0 Å².